The van der Waals surface area contributed by atoms with Gasteiger partial charge in [0.25, 0.3) is 5.89 Å². The zero-order valence-electron chi connectivity index (χ0n) is 10.3. The van der Waals surface area contributed by atoms with E-state index < -0.39 is 0 Å². The van der Waals surface area contributed by atoms with Crippen LogP contribution in [0.15, 0.2) is 22.7 Å². The SMILES string of the molecule is Nc1cc(-c2nc(C3CCCOC3)no2)ccc1Cl. The largest absolute Gasteiger partial charge is 0.398 e. The van der Waals surface area contributed by atoms with Crippen molar-refractivity contribution >= 4 is 17.3 Å². The lowest BCUT2D eigenvalue weighted by atomic mass is 10.0. The lowest BCUT2D eigenvalue weighted by Crippen LogP contribution is -2.16. The van der Waals surface area contributed by atoms with Crippen molar-refractivity contribution in [3.05, 3.63) is 29.0 Å². The van der Waals surface area contributed by atoms with E-state index in [-0.39, 0.29) is 5.92 Å². The van der Waals surface area contributed by atoms with Crippen LogP contribution >= 0.6 is 11.6 Å². The highest BCUT2D eigenvalue weighted by Gasteiger charge is 2.22. The van der Waals surface area contributed by atoms with Gasteiger partial charge in [-0.05, 0) is 31.0 Å². The molecular weight excluding hydrogens is 266 g/mol. The zero-order chi connectivity index (χ0) is 13.2. The summed E-state index contributed by atoms with van der Waals surface area (Å²) in [5.41, 5.74) is 7.04. The Bertz CT molecular complexity index is 579. The number of rotatable bonds is 2. The van der Waals surface area contributed by atoms with Crippen molar-refractivity contribution in [1.29, 1.82) is 0 Å². The predicted molar refractivity (Wildman–Crippen MR) is 72.0 cm³/mol. The van der Waals surface area contributed by atoms with E-state index in [1.165, 1.54) is 0 Å². The van der Waals surface area contributed by atoms with E-state index in [0.29, 0.717) is 29.0 Å². The molecule has 0 spiro atoms. The number of anilines is 1. The molecule has 1 aliphatic rings. The van der Waals surface area contributed by atoms with Crippen LogP contribution < -0.4 is 5.73 Å². The highest BCUT2D eigenvalue weighted by Crippen LogP contribution is 2.28. The van der Waals surface area contributed by atoms with E-state index in [4.69, 9.17) is 26.6 Å². The van der Waals surface area contributed by atoms with Crippen LogP contribution in [0.4, 0.5) is 5.69 Å². The van der Waals surface area contributed by atoms with Gasteiger partial charge in [0.05, 0.1) is 17.3 Å². The first kappa shape index (κ1) is 12.4. The van der Waals surface area contributed by atoms with Crippen molar-refractivity contribution in [3.63, 3.8) is 0 Å². The smallest absolute Gasteiger partial charge is 0.258 e. The summed E-state index contributed by atoms with van der Waals surface area (Å²) in [4.78, 5) is 4.42. The Kier molecular flexibility index (Phi) is 3.40. The average molecular weight is 280 g/mol. The first-order valence-corrected chi connectivity index (χ1v) is 6.58. The lowest BCUT2D eigenvalue weighted by molar-refractivity contribution is 0.0773. The molecule has 2 heterocycles. The number of halogens is 1. The summed E-state index contributed by atoms with van der Waals surface area (Å²) in [6, 6.07) is 5.27. The van der Waals surface area contributed by atoms with E-state index in [1.54, 1.807) is 12.1 Å². The van der Waals surface area contributed by atoms with Crippen molar-refractivity contribution in [3.8, 4) is 11.5 Å². The molecule has 19 heavy (non-hydrogen) atoms. The van der Waals surface area contributed by atoms with Crippen LogP contribution in [-0.4, -0.2) is 23.4 Å². The van der Waals surface area contributed by atoms with Crippen molar-refractivity contribution in [1.82, 2.24) is 10.1 Å². The second-order valence-electron chi connectivity index (χ2n) is 4.61. The fourth-order valence-corrected chi connectivity index (χ4v) is 2.26. The van der Waals surface area contributed by atoms with Crippen LogP contribution in [0.3, 0.4) is 0 Å². The zero-order valence-corrected chi connectivity index (χ0v) is 11.1. The molecule has 100 valence electrons. The van der Waals surface area contributed by atoms with Gasteiger partial charge in [-0.25, -0.2) is 0 Å². The molecule has 0 radical (unpaired) electrons. The van der Waals surface area contributed by atoms with Crippen molar-refractivity contribution in [2.75, 3.05) is 18.9 Å². The predicted octanol–water partition coefficient (Wildman–Crippen LogP) is 2.87. The molecule has 3 rings (SSSR count). The normalized spacial score (nSPS) is 19.5. The molecule has 1 aliphatic heterocycles. The second kappa shape index (κ2) is 5.19. The Balaban J connectivity index is 1.85. The number of benzene rings is 1. The Hall–Kier alpha value is -1.59. The molecule has 2 aromatic rings. The number of ether oxygens (including phenoxy) is 1. The highest BCUT2D eigenvalue weighted by atomic mass is 35.5. The molecule has 6 heteroatoms. The minimum atomic E-state index is 0.218. The maximum absolute atomic E-state index is 5.89. The topological polar surface area (TPSA) is 74.2 Å². The number of nitrogens with two attached hydrogens (primary N) is 1. The Labute approximate surface area is 115 Å². The summed E-state index contributed by atoms with van der Waals surface area (Å²) < 4.78 is 10.7. The number of nitrogen functional groups attached to an aromatic ring is 1. The Morgan fingerprint density at radius 1 is 1.37 bits per heavy atom. The van der Waals surface area contributed by atoms with Crippen molar-refractivity contribution in [2.24, 2.45) is 0 Å². The summed E-state index contributed by atoms with van der Waals surface area (Å²) in [6.45, 7) is 1.47. The summed E-state index contributed by atoms with van der Waals surface area (Å²) in [6.07, 6.45) is 2.06. The first-order chi connectivity index (χ1) is 9.24. The third-order valence-corrected chi connectivity index (χ3v) is 3.55. The Morgan fingerprint density at radius 3 is 3.00 bits per heavy atom. The molecule has 0 saturated carbocycles. The van der Waals surface area contributed by atoms with Crippen LogP contribution in [0.25, 0.3) is 11.5 Å². The van der Waals surface area contributed by atoms with Crippen molar-refractivity contribution < 1.29 is 9.26 Å². The molecule has 2 N–H and O–H groups in total. The summed E-state index contributed by atoms with van der Waals surface area (Å²) in [5, 5.41) is 4.55. The first-order valence-electron chi connectivity index (χ1n) is 6.21. The van der Waals surface area contributed by atoms with Crippen LogP contribution in [0.2, 0.25) is 5.02 Å². The summed E-state index contributed by atoms with van der Waals surface area (Å²) in [7, 11) is 0. The molecule has 1 aromatic carbocycles. The van der Waals surface area contributed by atoms with Crippen LogP contribution in [-0.2, 0) is 4.74 Å². The van der Waals surface area contributed by atoms with E-state index in [1.807, 2.05) is 6.07 Å². The molecule has 1 aromatic heterocycles. The molecule has 5 nitrogen and oxygen atoms in total. The van der Waals surface area contributed by atoms with Crippen LogP contribution in [0.1, 0.15) is 24.6 Å². The highest BCUT2D eigenvalue weighted by molar-refractivity contribution is 6.33. The van der Waals surface area contributed by atoms with Gasteiger partial charge in [0.2, 0.25) is 0 Å². The van der Waals surface area contributed by atoms with Crippen LogP contribution in [0, 0.1) is 0 Å². The molecule has 1 fully saturated rings. The molecule has 1 saturated heterocycles. The van der Waals surface area contributed by atoms with Gasteiger partial charge in [0.1, 0.15) is 0 Å². The Morgan fingerprint density at radius 2 is 2.26 bits per heavy atom. The number of nitrogens with zero attached hydrogens (tertiary/aromatic N) is 2. The van der Waals surface area contributed by atoms with E-state index in [9.17, 15) is 0 Å². The molecular formula is C13H14ClN3O2. The van der Waals surface area contributed by atoms with Gasteiger partial charge < -0.3 is 15.0 Å². The molecule has 0 bridgehead atoms. The molecule has 0 aliphatic carbocycles. The standard InChI is InChI=1S/C13H14ClN3O2/c14-10-4-3-8(6-11(10)15)13-16-12(17-19-13)9-2-1-5-18-7-9/h3-4,6,9H,1-2,5,7,15H2. The van der Waals surface area contributed by atoms with Gasteiger partial charge in [-0.15, -0.1) is 0 Å². The summed E-state index contributed by atoms with van der Waals surface area (Å²) in [5.74, 6) is 1.38. The van der Waals surface area contributed by atoms with Crippen LogP contribution in [0.5, 0.6) is 0 Å². The second-order valence-corrected chi connectivity index (χ2v) is 5.02. The van der Waals surface area contributed by atoms with Gasteiger partial charge >= 0.3 is 0 Å². The fourth-order valence-electron chi connectivity index (χ4n) is 2.14. The number of aromatic nitrogens is 2. The average Bonchev–Trinajstić information content (AvgIpc) is 2.93. The molecule has 1 unspecified atom stereocenters. The maximum Gasteiger partial charge on any atom is 0.258 e. The third kappa shape index (κ3) is 2.57. The quantitative estimate of drug-likeness (QED) is 0.856. The monoisotopic (exact) mass is 279 g/mol. The van der Waals surface area contributed by atoms with Gasteiger partial charge in [-0.3, -0.25) is 0 Å². The number of hydrogen-bond acceptors (Lipinski definition) is 5. The minimum absolute atomic E-state index is 0.218. The maximum atomic E-state index is 5.89. The van der Waals surface area contributed by atoms with E-state index in [2.05, 4.69) is 10.1 Å². The van der Waals surface area contributed by atoms with Gasteiger partial charge in [-0.2, -0.15) is 4.98 Å². The van der Waals surface area contributed by atoms with Gasteiger partial charge in [0.15, 0.2) is 5.82 Å². The molecule has 1 atom stereocenters. The minimum Gasteiger partial charge on any atom is -0.398 e. The third-order valence-electron chi connectivity index (χ3n) is 3.21. The van der Waals surface area contributed by atoms with Gasteiger partial charge in [-0.1, -0.05) is 16.8 Å². The van der Waals surface area contributed by atoms with E-state index >= 15 is 0 Å². The molecule has 0 amide bonds. The lowest BCUT2D eigenvalue weighted by Gasteiger charge is -2.18. The fraction of sp³-hybridized carbons (Fsp3) is 0.385. The summed E-state index contributed by atoms with van der Waals surface area (Å²) >= 11 is 5.89. The van der Waals surface area contributed by atoms with E-state index in [0.717, 1.165) is 25.0 Å². The van der Waals surface area contributed by atoms with Gasteiger partial charge in [0, 0.05) is 18.1 Å². The van der Waals surface area contributed by atoms with Crippen molar-refractivity contribution in [2.45, 2.75) is 18.8 Å². The number of hydrogen-bond donors (Lipinski definition) is 1.